The maximum absolute atomic E-state index is 12.5. The van der Waals surface area contributed by atoms with Crippen molar-refractivity contribution in [2.75, 3.05) is 0 Å². The Morgan fingerprint density at radius 1 is 1.31 bits per heavy atom. The molecule has 3 aromatic heterocycles. The summed E-state index contributed by atoms with van der Waals surface area (Å²) in [6.07, 6.45) is 8.62. The second-order valence-electron chi connectivity index (χ2n) is 7.46. The Bertz CT molecular complexity index is 1050. The first-order chi connectivity index (χ1) is 15.4. The first-order valence-electron chi connectivity index (χ1n) is 10.00. The van der Waals surface area contributed by atoms with Gasteiger partial charge in [-0.05, 0) is 25.8 Å². The van der Waals surface area contributed by atoms with E-state index in [0.29, 0.717) is 25.0 Å². The van der Waals surface area contributed by atoms with Crippen LogP contribution in [0.4, 0.5) is 0 Å². The van der Waals surface area contributed by atoms with Gasteiger partial charge in [-0.2, -0.15) is 5.10 Å². The Balaban J connectivity index is 0.000000913. The molecule has 0 bridgehead atoms. The molecule has 0 saturated heterocycles. The van der Waals surface area contributed by atoms with Crippen LogP contribution in [0.5, 0.6) is 0 Å². The van der Waals surface area contributed by atoms with Crippen molar-refractivity contribution >= 4 is 23.9 Å². The Labute approximate surface area is 183 Å². The van der Waals surface area contributed by atoms with E-state index in [9.17, 15) is 14.7 Å². The molecule has 4 rings (SSSR count). The molecule has 3 atom stereocenters. The number of carboxylic acid groups (broad SMARTS) is 1. The van der Waals surface area contributed by atoms with E-state index in [1.807, 2.05) is 23.6 Å². The zero-order valence-electron chi connectivity index (χ0n) is 17.5. The van der Waals surface area contributed by atoms with Gasteiger partial charge in [0, 0.05) is 30.7 Å². The SMILES string of the molecule is Cc1ccn(CC(=O)N[C@@H]2C[C@H](C(=O)NCc3cn4ccncc4n3)C[C@H]2O)n1.O=CO. The van der Waals surface area contributed by atoms with Gasteiger partial charge in [-0.25, -0.2) is 4.98 Å². The third kappa shape index (κ3) is 5.88. The molecule has 170 valence electrons. The summed E-state index contributed by atoms with van der Waals surface area (Å²) in [5, 5.41) is 27.0. The van der Waals surface area contributed by atoms with Crippen LogP contribution in [0.2, 0.25) is 0 Å². The summed E-state index contributed by atoms with van der Waals surface area (Å²) in [6.45, 7) is 1.97. The summed E-state index contributed by atoms with van der Waals surface area (Å²) >= 11 is 0. The molecule has 3 aromatic rings. The van der Waals surface area contributed by atoms with Crippen LogP contribution in [0.3, 0.4) is 0 Å². The number of fused-ring (bicyclic) bond motifs is 1. The van der Waals surface area contributed by atoms with Crippen LogP contribution in [0.25, 0.3) is 5.65 Å². The van der Waals surface area contributed by atoms with E-state index in [1.54, 1.807) is 29.5 Å². The topological polar surface area (TPSA) is 164 Å². The molecule has 0 spiro atoms. The van der Waals surface area contributed by atoms with Crippen molar-refractivity contribution < 1.29 is 24.6 Å². The van der Waals surface area contributed by atoms with Crippen molar-refractivity contribution in [1.29, 1.82) is 0 Å². The van der Waals surface area contributed by atoms with Crippen LogP contribution in [0, 0.1) is 12.8 Å². The quantitative estimate of drug-likeness (QED) is 0.371. The molecule has 2 amide bonds. The number of nitrogens with zero attached hydrogens (tertiary/aromatic N) is 5. The molecule has 1 aliphatic rings. The average Bonchev–Trinajstić information content (AvgIpc) is 3.45. The molecule has 12 nitrogen and oxygen atoms in total. The lowest BCUT2D eigenvalue weighted by atomic mass is 10.1. The molecular formula is C20H25N7O5. The summed E-state index contributed by atoms with van der Waals surface area (Å²) in [5.41, 5.74) is 2.27. The first kappa shape index (κ1) is 22.9. The summed E-state index contributed by atoms with van der Waals surface area (Å²) in [7, 11) is 0. The molecule has 3 heterocycles. The minimum absolute atomic E-state index is 0.0800. The average molecular weight is 443 g/mol. The number of carbonyl (C=O) groups is 3. The minimum Gasteiger partial charge on any atom is -0.483 e. The Morgan fingerprint density at radius 3 is 2.78 bits per heavy atom. The van der Waals surface area contributed by atoms with Gasteiger partial charge in [-0.3, -0.25) is 24.0 Å². The lowest BCUT2D eigenvalue weighted by molar-refractivity contribution is -0.126. The number of hydrogen-bond acceptors (Lipinski definition) is 7. The van der Waals surface area contributed by atoms with Gasteiger partial charge in [0.1, 0.15) is 6.54 Å². The van der Waals surface area contributed by atoms with Gasteiger partial charge in [-0.15, -0.1) is 0 Å². The third-order valence-corrected chi connectivity index (χ3v) is 5.08. The van der Waals surface area contributed by atoms with Crippen LogP contribution in [0.15, 0.2) is 37.1 Å². The predicted molar refractivity (Wildman–Crippen MR) is 111 cm³/mol. The summed E-state index contributed by atoms with van der Waals surface area (Å²) < 4.78 is 3.38. The minimum atomic E-state index is -0.754. The van der Waals surface area contributed by atoms with Crippen molar-refractivity contribution in [2.45, 2.75) is 45.0 Å². The zero-order chi connectivity index (χ0) is 23.1. The largest absolute Gasteiger partial charge is 0.483 e. The van der Waals surface area contributed by atoms with Crippen molar-refractivity contribution in [3.05, 3.63) is 48.4 Å². The van der Waals surface area contributed by atoms with E-state index in [4.69, 9.17) is 9.90 Å². The Kier molecular flexibility index (Phi) is 7.49. The maximum atomic E-state index is 12.5. The third-order valence-electron chi connectivity index (χ3n) is 5.08. The van der Waals surface area contributed by atoms with Crippen LogP contribution < -0.4 is 10.6 Å². The number of aryl methyl sites for hydroxylation is 1. The number of rotatable bonds is 6. The van der Waals surface area contributed by atoms with Gasteiger partial charge in [0.05, 0.1) is 36.3 Å². The van der Waals surface area contributed by atoms with Crippen molar-refractivity contribution in [3.63, 3.8) is 0 Å². The van der Waals surface area contributed by atoms with Crippen LogP contribution in [0.1, 0.15) is 24.2 Å². The number of hydrogen-bond donors (Lipinski definition) is 4. The van der Waals surface area contributed by atoms with Crippen molar-refractivity contribution in [2.24, 2.45) is 5.92 Å². The van der Waals surface area contributed by atoms with Gasteiger partial charge in [0.25, 0.3) is 6.47 Å². The van der Waals surface area contributed by atoms with E-state index in [0.717, 1.165) is 11.4 Å². The highest BCUT2D eigenvalue weighted by Crippen LogP contribution is 2.26. The molecule has 0 aromatic carbocycles. The van der Waals surface area contributed by atoms with Gasteiger partial charge in [0.15, 0.2) is 5.65 Å². The Hall–Kier alpha value is -3.80. The molecule has 0 aliphatic heterocycles. The van der Waals surface area contributed by atoms with Gasteiger partial charge in [0.2, 0.25) is 11.8 Å². The lowest BCUT2D eigenvalue weighted by Crippen LogP contribution is -2.41. The van der Waals surface area contributed by atoms with Crippen molar-refractivity contribution in [3.8, 4) is 0 Å². The van der Waals surface area contributed by atoms with Gasteiger partial charge in [-0.1, -0.05) is 0 Å². The predicted octanol–water partition coefficient (Wildman–Crippen LogP) is -0.493. The first-order valence-corrected chi connectivity index (χ1v) is 10.00. The number of aliphatic hydroxyl groups excluding tert-OH is 1. The van der Waals surface area contributed by atoms with Crippen LogP contribution in [-0.2, 0) is 27.5 Å². The summed E-state index contributed by atoms with van der Waals surface area (Å²) in [5.74, 6) is -0.754. The molecule has 0 unspecified atom stereocenters. The fourth-order valence-electron chi connectivity index (χ4n) is 3.64. The fourth-order valence-corrected chi connectivity index (χ4v) is 3.64. The molecule has 12 heteroatoms. The number of imidazole rings is 1. The molecule has 0 radical (unpaired) electrons. The smallest absolute Gasteiger partial charge is 0.290 e. The number of aliphatic hydroxyl groups is 1. The molecular weight excluding hydrogens is 418 g/mol. The molecule has 1 aliphatic carbocycles. The molecule has 4 N–H and O–H groups in total. The van der Waals surface area contributed by atoms with Gasteiger partial charge >= 0.3 is 0 Å². The molecule has 1 fully saturated rings. The van der Waals surface area contributed by atoms with Crippen LogP contribution >= 0.6 is 0 Å². The standard InChI is InChI=1S/C19H23N7O3.CH2O2/c1-12-2-4-26(24-12)11-18(28)23-15-6-13(7-16(15)27)19(29)21-8-14-10-25-5-3-20-9-17(25)22-14;2-1-3/h2-5,9-10,13,15-16,27H,6-8,11H2,1H3,(H,21,29)(H,23,28);1H,(H,2,3)/t13-,15+,16+;/m0./s1. The van der Waals surface area contributed by atoms with E-state index >= 15 is 0 Å². The van der Waals surface area contributed by atoms with E-state index in [1.165, 1.54) is 0 Å². The van der Waals surface area contributed by atoms with Crippen LogP contribution in [-0.4, -0.2) is 64.8 Å². The highest BCUT2D eigenvalue weighted by Gasteiger charge is 2.37. The summed E-state index contributed by atoms with van der Waals surface area (Å²) in [4.78, 5) is 41.5. The highest BCUT2D eigenvalue weighted by molar-refractivity contribution is 5.80. The number of amides is 2. The van der Waals surface area contributed by atoms with E-state index < -0.39 is 12.1 Å². The highest BCUT2D eigenvalue weighted by atomic mass is 16.3. The zero-order valence-corrected chi connectivity index (χ0v) is 17.5. The van der Waals surface area contributed by atoms with E-state index in [2.05, 4.69) is 25.7 Å². The second kappa shape index (κ2) is 10.5. The lowest BCUT2D eigenvalue weighted by Gasteiger charge is -2.16. The van der Waals surface area contributed by atoms with Gasteiger partial charge < -0.3 is 25.2 Å². The summed E-state index contributed by atoms with van der Waals surface area (Å²) in [6, 6.07) is 1.37. The Morgan fingerprint density at radius 2 is 2.09 bits per heavy atom. The van der Waals surface area contributed by atoms with Crippen molar-refractivity contribution in [1.82, 2.24) is 34.8 Å². The monoisotopic (exact) mass is 443 g/mol. The fraction of sp³-hybridized carbons (Fsp3) is 0.400. The normalized spacial score (nSPS) is 19.8. The number of carbonyl (C=O) groups excluding carboxylic acids is 2. The molecule has 1 saturated carbocycles. The van der Waals surface area contributed by atoms with E-state index in [-0.39, 0.29) is 30.7 Å². The second-order valence-corrected chi connectivity index (χ2v) is 7.46. The maximum Gasteiger partial charge on any atom is 0.290 e. The number of nitrogens with one attached hydrogen (secondary N) is 2. The number of aromatic nitrogens is 5. The molecule has 32 heavy (non-hydrogen) atoms.